The topological polar surface area (TPSA) is 103 Å². The zero-order chi connectivity index (χ0) is 9.35. The van der Waals surface area contributed by atoms with Crippen LogP contribution in [-0.2, 0) is 10.1 Å². The summed E-state index contributed by atoms with van der Waals surface area (Å²) < 4.78 is 29.6. The minimum Gasteiger partial charge on any atom is -0.872 e. The van der Waals surface area contributed by atoms with Crippen LogP contribution in [0, 0.1) is 0 Å². The molecule has 13 heavy (non-hydrogen) atoms. The minimum absolute atomic E-state index is 0. The van der Waals surface area contributed by atoms with E-state index in [1.54, 1.807) is 0 Å². The van der Waals surface area contributed by atoms with Crippen LogP contribution in [0.5, 0.6) is 5.75 Å². The number of anilines is 1. The van der Waals surface area contributed by atoms with Crippen LogP contribution in [0.4, 0.5) is 5.69 Å². The van der Waals surface area contributed by atoms with Gasteiger partial charge in [0.1, 0.15) is 4.90 Å². The summed E-state index contributed by atoms with van der Waals surface area (Å²) in [7, 11) is -4.38. The van der Waals surface area contributed by atoms with Crippen molar-refractivity contribution in [2.45, 2.75) is 4.90 Å². The van der Waals surface area contributed by atoms with Crippen LogP contribution in [0.25, 0.3) is 0 Å². The van der Waals surface area contributed by atoms with Crippen molar-refractivity contribution in [1.29, 1.82) is 0 Å². The van der Waals surface area contributed by atoms with Crippen molar-refractivity contribution in [3.05, 3.63) is 18.2 Å². The number of hydrogen-bond donors (Lipinski definition) is 2. The van der Waals surface area contributed by atoms with Crippen molar-refractivity contribution >= 4 is 15.8 Å². The fraction of sp³-hybridized carbons (Fsp3) is 0. The van der Waals surface area contributed by atoms with Gasteiger partial charge in [0.25, 0.3) is 10.1 Å². The largest absolute Gasteiger partial charge is 1.00 e. The molecule has 1 rings (SSSR count). The molecule has 0 spiro atoms. The molecule has 0 bridgehead atoms. The molecule has 66 valence electrons. The van der Waals surface area contributed by atoms with Crippen molar-refractivity contribution in [2.75, 3.05) is 5.73 Å². The van der Waals surface area contributed by atoms with Crippen LogP contribution in [-0.4, -0.2) is 13.0 Å². The summed E-state index contributed by atoms with van der Waals surface area (Å²) in [5, 5.41) is 10.7. The van der Waals surface area contributed by atoms with Gasteiger partial charge in [-0.25, -0.2) is 0 Å². The summed E-state index contributed by atoms with van der Waals surface area (Å²) in [5.41, 5.74) is 5.06. The van der Waals surface area contributed by atoms with E-state index in [1.807, 2.05) is 0 Å². The minimum atomic E-state index is -4.38. The van der Waals surface area contributed by atoms with E-state index in [9.17, 15) is 13.5 Å². The Labute approximate surface area is 87.5 Å². The molecule has 0 aliphatic heterocycles. The maximum atomic E-state index is 10.7. The summed E-state index contributed by atoms with van der Waals surface area (Å²) in [4.78, 5) is -0.546. The Hall–Kier alpha value is -0.673. The number of hydrogen-bond acceptors (Lipinski definition) is 4. The molecule has 5 nitrogen and oxygen atoms in total. The Morgan fingerprint density at radius 3 is 2.31 bits per heavy atom. The molecule has 0 saturated carbocycles. The normalized spacial score (nSPS) is 10.5. The smallest absolute Gasteiger partial charge is 0.872 e. The Bertz CT molecular complexity index is 403. The second-order valence-electron chi connectivity index (χ2n) is 2.17. The zero-order valence-corrected chi connectivity index (χ0v) is 7.71. The van der Waals surface area contributed by atoms with Gasteiger partial charge in [0.15, 0.2) is 0 Å². The number of benzene rings is 1. The molecule has 0 aromatic heterocycles. The maximum absolute atomic E-state index is 10.7. The van der Waals surface area contributed by atoms with Gasteiger partial charge in [0, 0.05) is 0 Å². The monoisotopic (exact) mass is 195 g/mol. The molecule has 0 heterocycles. The molecule has 0 amide bonds. The van der Waals surface area contributed by atoms with Gasteiger partial charge in [-0.05, 0) is 12.1 Å². The van der Waals surface area contributed by atoms with E-state index in [2.05, 4.69) is 0 Å². The molecule has 7 heteroatoms. The summed E-state index contributed by atoms with van der Waals surface area (Å²) in [6, 6.07) is 3.01. The van der Waals surface area contributed by atoms with Crippen molar-refractivity contribution in [3.63, 3.8) is 0 Å². The van der Waals surface area contributed by atoms with Crippen LogP contribution in [0.2, 0.25) is 0 Å². The van der Waals surface area contributed by atoms with E-state index in [4.69, 9.17) is 10.3 Å². The van der Waals surface area contributed by atoms with Gasteiger partial charge < -0.3 is 10.8 Å². The van der Waals surface area contributed by atoms with Crippen LogP contribution >= 0.6 is 0 Å². The van der Waals surface area contributed by atoms with Crippen LogP contribution in [0.15, 0.2) is 23.1 Å². The number of nitrogens with two attached hydrogens (primary N) is 1. The molecule has 0 aliphatic rings. The quantitative estimate of drug-likeness (QED) is 0.276. The molecule has 0 saturated heterocycles. The summed E-state index contributed by atoms with van der Waals surface area (Å²) >= 11 is 0. The first-order valence-electron chi connectivity index (χ1n) is 2.95. The van der Waals surface area contributed by atoms with E-state index in [0.29, 0.717) is 0 Å². The van der Waals surface area contributed by atoms with Crippen LogP contribution < -0.4 is 29.7 Å². The SMILES string of the molecule is Nc1ccc([O-])cc1S(=O)(=O)O.[Li+]. The van der Waals surface area contributed by atoms with E-state index >= 15 is 0 Å². The summed E-state index contributed by atoms with van der Waals surface area (Å²) in [6.45, 7) is 0. The van der Waals surface area contributed by atoms with Crippen LogP contribution in [0.1, 0.15) is 0 Å². The molecular formula is C6H6LiNO4S. The van der Waals surface area contributed by atoms with Gasteiger partial charge in [-0.1, -0.05) is 6.07 Å². The van der Waals surface area contributed by atoms with E-state index in [1.165, 1.54) is 0 Å². The molecule has 0 fully saturated rings. The maximum Gasteiger partial charge on any atom is 1.00 e. The van der Waals surface area contributed by atoms with E-state index in [-0.39, 0.29) is 24.5 Å². The summed E-state index contributed by atoms with van der Waals surface area (Å²) in [5.74, 6) is -0.517. The Balaban J connectivity index is 0.00000144. The zero-order valence-electron chi connectivity index (χ0n) is 6.89. The predicted octanol–water partition coefficient (Wildman–Crippen LogP) is -3.41. The number of rotatable bonds is 1. The molecule has 0 unspecified atom stereocenters. The molecule has 0 radical (unpaired) electrons. The average molecular weight is 195 g/mol. The van der Waals surface area contributed by atoms with Gasteiger partial charge in [0.05, 0.1) is 5.69 Å². The Morgan fingerprint density at radius 2 is 1.92 bits per heavy atom. The molecule has 0 aliphatic carbocycles. The molecule has 1 aromatic rings. The predicted molar refractivity (Wildman–Crippen MR) is 40.1 cm³/mol. The van der Waals surface area contributed by atoms with Gasteiger partial charge in [0.2, 0.25) is 0 Å². The van der Waals surface area contributed by atoms with Crippen molar-refractivity contribution < 1.29 is 36.9 Å². The first kappa shape index (κ1) is 12.3. The van der Waals surface area contributed by atoms with Crippen molar-refractivity contribution in [1.82, 2.24) is 0 Å². The van der Waals surface area contributed by atoms with Crippen LogP contribution in [0.3, 0.4) is 0 Å². The van der Waals surface area contributed by atoms with Crippen molar-refractivity contribution in [3.8, 4) is 5.75 Å². The number of nitrogen functional groups attached to an aromatic ring is 1. The molecule has 0 atom stereocenters. The van der Waals surface area contributed by atoms with Gasteiger partial charge >= 0.3 is 18.9 Å². The first-order valence-corrected chi connectivity index (χ1v) is 4.39. The second kappa shape index (κ2) is 4.02. The third-order valence-corrected chi connectivity index (χ3v) is 2.17. The van der Waals surface area contributed by atoms with Crippen molar-refractivity contribution in [2.24, 2.45) is 0 Å². The second-order valence-corrected chi connectivity index (χ2v) is 3.56. The van der Waals surface area contributed by atoms with Gasteiger partial charge in [-0.2, -0.15) is 8.42 Å². The van der Waals surface area contributed by atoms with Gasteiger partial charge in [-0.15, -0.1) is 5.75 Å². The molecular weight excluding hydrogens is 189 g/mol. The first-order chi connectivity index (χ1) is 5.41. The molecule has 3 N–H and O–H groups in total. The molecule has 1 aromatic carbocycles. The third-order valence-electron chi connectivity index (χ3n) is 1.26. The third kappa shape index (κ3) is 2.93. The average Bonchev–Trinajstić information content (AvgIpc) is 1.92. The fourth-order valence-electron chi connectivity index (χ4n) is 0.738. The standard InChI is InChI=1S/C6H7NO4S.Li/c7-5-2-1-4(8)3-6(5)12(9,10)11;/h1-3,8H,7H2,(H,9,10,11);/q;+1/p-1. The Morgan fingerprint density at radius 1 is 1.38 bits per heavy atom. The van der Waals surface area contributed by atoms with E-state index < -0.39 is 20.8 Å². The van der Waals surface area contributed by atoms with E-state index in [0.717, 1.165) is 18.2 Å². The Kier molecular flexibility index (Phi) is 3.82. The summed E-state index contributed by atoms with van der Waals surface area (Å²) in [6.07, 6.45) is 0. The fourth-order valence-corrected chi connectivity index (χ4v) is 1.37. The van der Waals surface area contributed by atoms with Gasteiger partial charge in [-0.3, -0.25) is 4.55 Å².